The lowest BCUT2D eigenvalue weighted by atomic mass is 10.2. The number of nitrogens with zero attached hydrogens (tertiary/aromatic N) is 1. The minimum atomic E-state index is 0. The summed E-state index contributed by atoms with van der Waals surface area (Å²) in [5.74, 6) is 0. The Labute approximate surface area is 103 Å². The molecule has 0 amide bonds. The van der Waals surface area contributed by atoms with Crippen LogP contribution in [-0.2, 0) is 6.54 Å². The molecule has 1 aromatic heterocycles. The van der Waals surface area contributed by atoms with Gasteiger partial charge in [0.25, 0.3) is 0 Å². The highest BCUT2D eigenvalue weighted by Gasteiger charge is 2.03. The number of pyridine rings is 1. The maximum Gasteiger partial charge on any atom is 0.173 e. The van der Waals surface area contributed by atoms with Crippen molar-refractivity contribution < 1.29 is 17.0 Å². The predicted molar refractivity (Wildman–Crippen MR) is 61.7 cm³/mol. The van der Waals surface area contributed by atoms with Crippen LogP contribution in [0.2, 0.25) is 0 Å². The third-order valence-corrected chi connectivity index (χ3v) is 2.40. The molecule has 2 aromatic rings. The number of hydrogen-bond acceptors (Lipinski definition) is 0. The minimum absolute atomic E-state index is 0. The Bertz CT molecular complexity index is 431. The number of halogens is 1. The Hall–Kier alpha value is -1.34. The Kier molecular flexibility index (Phi) is 4.51. The molecular formula is C14H16ClN. The first kappa shape index (κ1) is 12.7. The highest BCUT2D eigenvalue weighted by Crippen LogP contribution is 2.01. The third-order valence-electron chi connectivity index (χ3n) is 2.40. The molecule has 0 radical (unpaired) electrons. The van der Waals surface area contributed by atoms with Crippen molar-refractivity contribution in [3.8, 4) is 0 Å². The van der Waals surface area contributed by atoms with Gasteiger partial charge in [-0.05, 0) is 19.9 Å². The zero-order valence-corrected chi connectivity index (χ0v) is 10.4. The Morgan fingerprint density at radius 2 is 1.50 bits per heavy atom. The summed E-state index contributed by atoms with van der Waals surface area (Å²) in [6.07, 6.45) is 4.36. The van der Waals surface area contributed by atoms with Crippen LogP contribution in [0.25, 0.3) is 0 Å². The van der Waals surface area contributed by atoms with Gasteiger partial charge in [0.05, 0.1) is 0 Å². The van der Waals surface area contributed by atoms with E-state index in [-0.39, 0.29) is 12.4 Å². The summed E-state index contributed by atoms with van der Waals surface area (Å²) < 4.78 is 2.24. The molecule has 0 saturated heterocycles. The molecule has 0 unspecified atom stereocenters. The van der Waals surface area contributed by atoms with E-state index in [2.05, 4.69) is 67.2 Å². The molecule has 84 valence electrons. The van der Waals surface area contributed by atoms with Crippen molar-refractivity contribution >= 4 is 0 Å². The van der Waals surface area contributed by atoms with Crippen molar-refractivity contribution in [2.75, 3.05) is 0 Å². The zero-order chi connectivity index (χ0) is 10.7. The molecule has 2 rings (SSSR count). The van der Waals surface area contributed by atoms with E-state index in [1.807, 2.05) is 0 Å². The molecule has 0 bridgehead atoms. The predicted octanol–water partition coefficient (Wildman–Crippen LogP) is -0.357. The SMILES string of the molecule is Cc1cc(C)c[n+](Cc2ccccc2)c1.[Cl-]. The summed E-state index contributed by atoms with van der Waals surface area (Å²) in [6.45, 7) is 5.21. The smallest absolute Gasteiger partial charge is 0.173 e. The second-order valence-electron chi connectivity index (χ2n) is 4.05. The summed E-state index contributed by atoms with van der Waals surface area (Å²) >= 11 is 0. The van der Waals surface area contributed by atoms with Crippen LogP contribution in [0, 0.1) is 13.8 Å². The molecule has 16 heavy (non-hydrogen) atoms. The number of aromatic nitrogens is 1. The topological polar surface area (TPSA) is 3.88 Å². The summed E-state index contributed by atoms with van der Waals surface area (Å²) in [4.78, 5) is 0. The molecule has 0 saturated carbocycles. The van der Waals surface area contributed by atoms with Crippen LogP contribution in [0.4, 0.5) is 0 Å². The van der Waals surface area contributed by atoms with Crippen molar-refractivity contribution in [3.63, 3.8) is 0 Å². The molecule has 0 atom stereocenters. The molecule has 0 fully saturated rings. The lowest BCUT2D eigenvalue weighted by Crippen LogP contribution is -3.00. The van der Waals surface area contributed by atoms with Crippen LogP contribution < -0.4 is 17.0 Å². The van der Waals surface area contributed by atoms with E-state index in [9.17, 15) is 0 Å². The molecule has 1 heterocycles. The molecular weight excluding hydrogens is 218 g/mol. The number of benzene rings is 1. The molecule has 2 heteroatoms. The van der Waals surface area contributed by atoms with E-state index in [4.69, 9.17) is 0 Å². The third kappa shape index (κ3) is 3.35. The second-order valence-corrected chi connectivity index (χ2v) is 4.05. The fraction of sp³-hybridized carbons (Fsp3) is 0.214. The van der Waals surface area contributed by atoms with Gasteiger partial charge in [0.15, 0.2) is 18.9 Å². The number of hydrogen-bond donors (Lipinski definition) is 0. The molecule has 0 aliphatic carbocycles. The molecule has 1 aromatic carbocycles. The first-order chi connectivity index (χ1) is 7.24. The van der Waals surface area contributed by atoms with E-state index < -0.39 is 0 Å². The monoisotopic (exact) mass is 233 g/mol. The van der Waals surface area contributed by atoms with Crippen LogP contribution >= 0.6 is 0 Å². The van der Waals surface area contributed by atoms with Crippen molar-refractivity contribution in [3.05, 3.63) is 65.5 Å². The number of rotatable bonds is 2. The average Bonchev–Trinajstić information content (AvgIpc) is 2.17. The maximum absolute atomic E-state index is 2.24. The largest absolute Gasteiger partial charge is 1.00 e. The Morgan fingerprint density at radius 1 is 0.938 bits per heavy atom. The first-order valence-corrected chi connectivity index (χ1v) is 5.25. The normalized spacial score (nSPS) is 9.62. The Morgan fingerprint density at radius 3 is 2.06 bits per heavy atom. The lowest BCUT2D eigenvalue weighted by Gasteiger charge is -2.00. The van der Waals surface area contributed by atoms with Crippen molar-refractivity contribution in [1.29, 1.82) is 0 Å². The van der Waals surface area contributed by atoms with E-state index in [0.717, 1.165) is 6.54 Å². The fourth-order valence-electron chi connectivity index (χ4n) is 1.88. The standard InChI is InChI=1S/C14H16N.ClH/c1-12-8-13(2)10-15(9-12)11-14-6-4-3-5-7-14;/h3-10H,11H2,1-2H3;1H/q+1;/p-1. The summed E-state index contributed by atoms with van der Waals surface area (Å²) in [7, 11) is 0. The molecule has 1 nitrogen and oxygen atoms in total. The summed E-state index contributed by atoms with van der Waals surface area (Å²) in [5, 5.41) is 0. The molecule has 0 spiro atoms. The van der Waals surface area contributed by atoms with Gasteiger partial charge in [-0.25, -0.2) is 4.57 Å². The highest BCUT2D eigenvalue weighted by molar-refractivity contribution is 5.14. The van der Waals surface area contributed by atoms with Gasteiger partial charge < -0.3 is 12.4 Å². The number of aryl methyl sites for hydroxylation is 2. The van der Waals surface area contributed by atoms with Crippen LogP contribution in [0.5, 0.6) is 0 Å². The zero-order valence-electron chi connectivity index (χ0n) is 9.65. The van der Waals surface area contributed by atoms with E-state index in [0.29, 0.717) is 0 Å². The Balaban J connectivity index is 0.00000128. The van der Waals surface area contributed by atoms with Gasteiger partial charge >= 0.3 is 0 Å². The average molecular weight is 234 g/mol. The van der Waals surface area contributed by atoms with Crippen LogP contribution in [-0.4, -0.2) is 0 Å². The molecule has 0 aliphatic rings. The quantitative estimate of drug-likeness (QED) is 0.624. The van der Waals surface area contributed by atoms with E-state index in [1.165, 1.54) is 16.7 Å². The highest BCUT2D eigenvalue weighted by atomic mass is 35.5. The fourth-order valence-corrected chi connectivity index (χ4v) is 1.88. The maximum atomic E-state index is 2.24. The van der Waals surface area contributed by atoms with E-state index in [1.54, 1.807) is 0 Å². The van der Waals surface area contributed by atoms with Gasteiger partial charge in [-0.2, -0.15) is 0 Å². The van der Waals surface area contributed by atoms with Gasteiger partial charge in [0.1, 0.15) is 0 Å². The summed E-state index contributed by atoms with van der Waals surface area (Å²) in [6, 6.07) is 12.7. The summed E-state index contributed by atoms with van der Waals surface area (Å²) in [5.41, 5.74) is 3.96. The molecule has 0 aliphatic heterocycles. The van der Waals surface area contributed by atoms with Crippen LogP contribution in [0.15, 0.2) is 48.8 Å². The minimum Gasteiger partial charge on any atom is -1.00 e. The lowest BCUT2D eigenvalue weighted by molar-refractivity contribution is -0.689. The van der Waals surface area contributed by atoms with Gasteiger partial charge in [0, 0.05) is 16.7 Å². The van der Waals surface area contributed by atoms with Crippen LogP contribution in [0.1, 0.15) is 16.7 Å². The van der Waals surface area contributed by atoms with Gasteiger partial charge in [0.2, 0.25) is 0 Å². The second kappa shape index (κ2) is 5.66. The van der Waals surface area contributed by atoms with Gasteiger partial charge in [-0.3, -0.25) is 0 Å². The van der Waals surface area contributed by atoms with Crippen molar-refractivity contribution in [2.45, 2.75) is 20.4 Å². The van der Waals surface area contributed by atoms with Gasteiger partial charge in [-0.15, -0.1) is 0 Å². The van der Waals surface area contributed by atoms with Crippen molar-refractivity contribution in [2.24, 2.45) is 0 Å². The van der Waals surface area contributed by atoms with E-state index >= 15 is 0 Å². The molecule has 0 N–H and O–H groups in total. The van der Waals surface area contributed by atoms with Gasteiger partial charge in [-0.1, -0.05) is 30.3 Å². The van der Waals surface area contributed by atoms with Crippen molar-refractivity contribution in [1.82, 2.24) is 0 Å². The van der Waals surface area contributed by atoms with Crippen LogP contribution in [0.3, 0.4) is 0 Å². The first-order valence-electron chi connectivity index (χ1n) is 5.25.